The average molecular weight is 367 g/mol. The van der Waals surface area contributed by atoms with Gasteiger partial charge in [-0.3, -0.25) is 14.7 Å². The van der Waals surface area contributed by atoms with E-state index in [1.165, 1.54) is 0 Å². The average Bonchev–Trinajstić information content (AvgIpc) is 3.07. The van der Waals surface area contributed by atoms with Crippen LogP contribution in [0.4, 0.5) is 0 Å². The Labute approximate surface area is 159 Å². The molecule has 2 saturated heterocycles. The SMILES string of the molecule is CCNC(=NCC(C)N1CCN(CC)CC1)NCCCN1CCCC1=O. The maximum Gasteiger partial charge on any atom is 0.222 e. The Morgan fingerprint density at radius 2 is 1.92 bits per heavy atom. The van der Waals surface area contributed by atoms with Crippen LogP contribution in [0, 0.1) is 0 Å². The monoisotopic (exact) mass is 366 g/mol. The van der Waals surface area contributed by atoms with Gasteiger partial charge >= 0.3 is 0 Å². The summed E-state index contributed by atoms with van der Waals surface area (Å²) in [4.78, 5) is 23.4. The first-order chi connectivity index (χ1) is 12.6. The van der Waals surface area contributed by atoms with E-state index < -0.39 is 0 Å². The Hall–Kier alpha value is -1.34. The van der Waals surface area contributed by atoms with Crippen molar-refractivity contribution in [3.63, 3.8) is 0 Å². The van der Waals surface area contributed by atoms with E-state index in [4.69, 9.17) is 4.99 Å². The van der Waals surface area contributed by atoms with Crippen LogP contribution >= 0.6 is 0 Å². The lowest BCUT2D eigenvalue weighted by Gasteiger charge is -2.37. The highest BCUT2D eigenvalue weighted by atomic mass is 16.2. The van der Waals surface area contributed by atoms with Gasteiger partial charge in [-0.05, 0) is 33.2 Å². The number of amides is 1. The number of hydrogen-bond donors (Lipinski definition) is 2. The van der Waals surface area contributed by atoms with Crippen molar-refractivity contribution >= 4 is 11.9 Å². The zero-order valence-corrected chi connectivity index (χ0v) is 17.0. The quantitative estimate of drug-likeness (QED) is 0.355. The molecule has 0 radical (unpaired) electrons. The van der Waals surface area contributed by atoms with Crippen LogP contribution in [0.2, 0.25) is 0 Å². The maximum atomic E-state index is 11.6. The fourth-order valence-corrected chi connectivity index (χ4v) is 3.62. The molecule has 150 valence electrons. The van der Waals surface area contributed by atoms with Crippen molar-refractivity contribution in [2.45, 2.75) is 46.1 Å². The Kier molecular flexibility index (Phi) is 9.18. The topological polar surface area (TPSA) is 63.2 Å². The first kappa shape index (κ1) is 21.0. The number of nitrogens with one attached hydrogen (secondary N) is 2. The van der Waals surface area contributed by atoms with Crippen molar-refractivity contribution in [3.05, 3.63) is 0 Å². The van der Waals surface area contributed by atoms with Gasteiger partial charge in [0.1, 0.15) is 0 Å². The second-order valence-corrected chi connectivity index (χ2v) is 7.30. The Balaban J connectivity index is 1.68. The molecule has 2 aliphatic heterocycles. The minimum Gasteiger partial charge on any atom is -0.357 e. The molecule has 0 aromatic rings. The predicted octanol–water partition coefficient (Wildman–Crippen LogP) is 0.580. The van der Waals surface area contributed by atoms with Gasteiger partial charge in [-0.1, -0.05) is 6.92 Å². The second kappa shape index (κ2) is 11.4. The standard InChI is InChI=1S/C19H38N6O/c1-4-20-19(21-9-7-11-25-10-6-8-18(25)26)22-16-17(3)24-14-12-23(5-2)13-15-24/h17H,4-16H2,1-3H3,(H2,20,21,22). The molecular weight excluding hydrogens is 328 g/mol. The molecule has 7 nitrogen and oxygen atoms in total. The summed E-state index contributed by atoms with van der Waals surface area (Å²) < 4.78 is 0. The molecule has 2 N–H and O–H groups in total. The number of hydrogen-bond acceptors (Lipinski definition) is 4. The fraction of sp³-hybridized carbons (Fsp3) is 0.895. The van der Waals surface area contributed by atoms with Gasteiger partial charge in [0.05, 0.1) is 6.54 Å². The maximum absolute atomic E-state index is 11.6. The summed E-state index contributed by atoms with van der Waals surface area (Å²) in [5.74, 6) is 1.20. The minimum atomic E-state index is 0.308. The third kappa shape index (κ3) is 6.76. The Morgan fingerprint density at radius 1 is 1.15 bits per heavy atom. The lowest BCUT2D eigenvalue weighted by Crippen LogP contribution is -2.50. The summed E-state index contributed by atoms with van der Waals surface area (Å²) in [6, 6.07) is 0.465. The van der Waals surface area contributed by atoms with Crippen LogP contribution in [0.25, 0.3) is 0 Å². The van der Waals surface area contributed by atoms with Crippen molar-refractivity contribution in [2.75, 3.05) is 65.4 Å². The Bertz CT molecular complexity index is 447. The fourth-order valence-electron chi connectivity index (χ4n) is 3.62. The van der Waals surface area contributed by atoms with Crippen LogP contribution in [-0.4, -0.2) is 98.1 Å². The number of piperazine rings is 1. The molecule has 2 aliphatic rings. The van der Waals surface area contributed by atoms with Gasteiger partial charge in [0.2, 0.25) is 5.91 Å². The molecule has 0 spiro atoms. The minimum absolute atomic E-state index is 0.308. The van der Waals surface area contributed by atoms with Crippen LogP contribution in [0.1, 0.15) is 40.0 Å². The van der Waals surface area contributed by atoms with Crippen LogP contribution in [0.3, 0.4) is 0 Å². The second-order valence-electron chi connectivity index (χ2n) is 7.30. The lowest BCUT2D eigenvalue weighted by atomic mass is 10.2. The summed E-state index contributed by atoms with van der Waals surface area (Å²) in [7, 11) is 0. The molecule has 2 fully saturated rings. The van der Waals surface area contributed by atoms with Gasteiger partial charge in [0.15, 0.2) is 5.96 Å². The van der Waals surface area contributed by atoms with E-state index >= 15 is 0 Å². The summed E-state index contributed by atoms with van der Waals surface area (Å²) in [5, 5.41) is 6.73. The molecule has 0 aromatic heterocycles. The van der Waals surface area contributed by atoms with E-state index in [0.717, 1.165) is 90.7 Å². The number of likely N-dealkylation sites (tertiary alicyclic amines) is 1. The summed E-state index contributed by atoms with van der Waals surface area (Å²) in [5.41, 5.74) is 0. The number of guanidine groups is 1. The number of rotatable bonds is 9. The molecular formula is C19H38N6O. The molecule has 1 atom stereocenters. The van der Waals surface area contributed by atoms with Crippen LogP contribution in [-0.2, 0) is 4.79 Å². The van der Waals surface area contributed by atoms with E-state index in [1.54, 1.807) is 0 Å². The van der Waals surface area contributed by atoms with Crippen LogP contribution in [0.15, 0.2) is 4.99 Å². The largest absolute Gasteiger partial charge is 0.357 e. The summed E-state index contributed by atoms with van der Waals surface area (Å²) >= 11 is 0. The van der Waals surface area contributed by atoms with E-state index in [9.17, 15) is 4.79 Å². The third-order valence-electron chi connectivity index (χ3n) is 5.40. The van der Waals surface area contributed by atoms with Crippen LogP contribution < -0.4 is 10.6 Å². The molecule has 1 amide bonds. The summed E-state index contributed by atoms with van der Waals surface area (Å²) in [6.07, 6.45) is 2.70. The molecule has 2 heterocycles. The normalized spacial score (nSPS) is 21.3. The zero-order chi connectivity index (χ0) is 18.8. The van der Waals surface area contributed by atoms with E-state index in [2.05, 4.69) is 41.2 Å². The Morgan fingerprint density at radius 3 is 2.54 bits per heavy atom. The zero-order valence-electron chi connectivity index (χ0n) is 17.0. The van der Waals surface area contributed by atoms with E-state index in [1.807, 2.05) is 4.90 Å². The van der Waals surface area contributed by atoms with Gasteiger partial charge < -0.3 is 20.4 Å². The van der Waals surface area contributed by atoms with Crippen molar-refractivity contribution in [1.29, 1.82) is 0 Å². The van der Waals surface area contributed by atoms with Gasteiger partial charge in [-0.2, -0.15) is 0 Å². The van der Waals surface area contributed by atoms with E-state index in [-0.39, 0.29) is 0 Å². The summed E-state index contributed by atoms with van der Waals surface area (Å²) in [6.45, 7) is 16.6. The highest BCUT2D eigenvalue weighted by Gasteiger charge is 2.20. The molecule has 0 aromatic carbocycles. The first-order valence-electron chi connectivity index (χ1n) is 10.4. The molecule has 2 rings (SSSR count). The number of nitrogens with zero attached hydrogens (tertiary/aromatic N) is 4. The first-order valence-corrected chi connectivity index (χ1v) is 10.4. The van der Waals surface area contributed by atoms with Crippen molar-refractivity contribution < 1.29 is 4.79 Å². The van der Waals surface area contributed by atoms with Crippen molar-refractivity contribution in [3.8, 4) is 0 Å². The number of likely N-dealkylation sites (N-methyl/N-ethyl adjacent to an activating group) is 1. The number of carbonyl (C=O) groups is 1. The van der Waals surface area contributed by atoms with Gasteiger partial charge in [0, 0.05) is 64.8 Å². The smallest absolute Gasteiger partial charge is 0.222 e. The molecule has 1 unspecified atom stereocenters. The van der Waals surface area contributed by atoms with Gasteiger partial charge in [-0.15, -0.1) is 0 Å². The number of carbonyl (C=O) groups excluding carboxylic acids is 1. The highest BCUT2D eigenvalue weighted by Crippen LogP contribution is 2.09. The van der Waals surface area contributed by atoms with Crippen molar-refractivity contribution in [1.82, 2.24) is 25.3 Å². The van der Waals surface area contributed by atoms with E-state index in [0.29, 0.717) is 11.9 Å². The molecule has 7 heteroatoms. The van der Waals surface area contributed by atoms with Gasteiger partial charge in [0.25, 0.3) is 0 Å². The highest BCUT2D eigenvalue weighted by molar-refractivity contribution is 5.79. The number of aliphatic imine (C=N–C) groups is 1. The van der Waals surface area contributed by atoms with Gasteiger partial charge in [-0.25, -0.2) is 0 Å². The molecule has 26 heavy (non-hydrogen) atoms. The third-order valence-corrected chi connectivity index (χ3v) is 5.40. The predicted molar refractivity (Wildman–Crippen MR) is 108 cm³/mol. The van der Waals surface area contributed by atoms with Crippen molar-refractivity contribution in [2.24, 2.45) is 4.99 Å². The molecule has 0 saturated carbocycles. The molecule has 0 bridgehead atoms. The molecule has 0 aliphatic carbocycles. The van der Waals surface area contributed by atoms with Crippen LogP contribution in [0.5, 0.6) is 0 Å². The lowest BCUT2D eigenvalue weighted by molar-refractivity contribution is -0.127.